The number of thiazole rings is 1. The van der Waals surface area contributed by atoms with E-state index in [1.165, 1.54) is 35.2 Å². The molecule has 0 saturated heterocycles. The molecule has 2 aromatic rings. The van der Waals surface area contributed by atoms with E-state index >= 15 is 0 Å². The van der Waals surface area contributed by atoms with Gasteiger partial charge in [-0.3, -0.25) is 0 Å². The second-order valence-corrected chi connectivity index (χ2v) is 5.44. The molecule has 0 unspecified atom stereocenters. The molecule has 0 aliphatic rings. The molecule has 0 aliphatic carbocycles. The fraction of sp³-hybridized carbons (Fsp3) is 0.182. The Hall–Kier alpha value is -0.910. The van der Waals surface area contributed by atoms with Crippen molar-refractivity contribution in [2.75, 3.05) is 0 Å². The minimum atomic E-state index is -0.682. The first kappa shape index (κ1) is 11.6. The lowest BCUT2D eigenvalue weighted by atomic mass is 10.1. The smallest absolute Gasteiger partial charge is 0.154 e. The van der Waals surface area contributed by atoms with E-state index in [1.54, 1.807) is 19.2 Å². The van der Waals surface area contributed by atoms with Gasteiger partial charge in [0.25, 0.3) is 0 Å². The van der Waals surface area contributed by atoms with E-state index in [9.17, 15) is 9.50 Å². The maximum atomic E-state index is 13.1. The van der Waals surface area contributed by atoms with Gasteiger partial charge >= 0.3 is 0 Å². The van der Waals surface area contributed by atoms with Crippen molar-refractivity contribution in [3.63, 3.8) is 0 Å². The molecule has 2 nitrogen and oxygen atoms in total. The van der Waals surface area contributed by atoms with Crippen molar-refractivity contribution in [3.8, 4) is 0 Å². The van der Waals surface area contributed by atoms with Crippen molar-refractivity contribution >= 4 is 23.1 Å². The van der Waals surface area contributed by atoms with Gasteiger partial charge in [-0.1, -0.05) is 11.8 Å². The van der Waals surface area contributed by atoms with Crippen LogP contribution in [-0.2, 0) is 0 Å². The largest absolute Gasteiger partial charge is 0.389 e. The monoisotopic (exact) mass is 255 g/mol. The van der Waals surface area contributed by atoms with Gasteiger partial charge in [0.15, 0.2) is 4.34 Å². The summed E-state index contributed by atoms with van der Waals surface area (Å²) >= 11 is 2.96. The highest BCUT2D eigenvalue weighted by Gasteiger charge is 2.11. The number of hydrogen-bond acceptors (Lipinski definition) is 4. The van der Waals surface area contributed by atoms with Crippen molar-refractivity contribution in [1.29, 1.82) is 0 Å². The average molecular weight is 255 g/mol. The second kappa shape index (κ2) is 4.95. The van der Waals surface area contributed by atoms with Crippen LogP contribution < -0.4 is 0 Å². The molecule has 1 aromatic heterocycles. The molecule has 0 bridgehead atoms. The number of nitrogens with zero attached hydrogens (tertiary/aromatic N) is 1. The van der Waals surface area contributed by atoms with Crippen LogP contribution in [0, 0.1) is 5.82 Å². The maximum absolute atomic E-state index is 13.1. The van der Waals surface area contributed by atoms with Gasteiger partial charge in [-0.25, -0.2) is 9.37 Å². The van der Waals surface area contributed by atoms with Crippen molar-refractivity contribution < 1.29 is 9.50 Å². The molecule has 2 rings (SSSR count). The Morgan fingerprint density at radius 1 is 1.50 bits per heavy atom. The fourth-order valence-corrected chi connectivity index (χ4v) is 3.07. The summed E-state index contributed by atoms with van der Waals surface area (Å²) in [6, 6.07) is 4.42. The summed E-state index contributed by atoms with van der Waals surface area (Å²) < 4.78 is 13.9. The molecule has 0 amide bonds. The van der Waals surface area contributed by atoms with Gasteiger partial charge in [-0.15, -0.1) is 11.3 Å². The van der Waals surface area contributed by atoms with Crippen molar-refractivity contribution in [1.82, 2.24) is 4.98 Å². The molecule has 84 valence electrons. The van der Waals surface area contributed by atoms with E-state index in [1.807, 2.05) is 5.38 Å². The quantitative estimate of drug-likeness (QED) is 0.911. The number of aliphatic hydroxyl groups excluding tert-OH is 1. The zero-order valence-corrected chi connectivity index (χ0v) is 10.2. The Morgan fingerprint density at radius 2 is 2.31 bits per heavy atom. The molecule has 16 heavy (non-hydrogen) atoms. The third-order valence-electron chi connectivity index (χ3n) is 2.03. The van der Waals surface area contributed by atoms with Crippen LogP contribution in [0.3, 0.4) is 0 Å². The van der Waals surface area contributed by atoms with Gasteiger partial charge in [0.05, 0.1) is 6.10 Å². The van der Waals surface area contributed by atoms with Crippen LogP contribution in [0.2, 0.25) is 0 Å². The standard InChI is InChI=1S/C11H10FNOS2/c1-7(14)9-6-8(12)2-3-10(9)16-11-13-4-5-15-11/h2-7,14H,1H3/t7-/m0/s1. The summed E-state index contributed by atoms with van der Waals surface area (Å²) in [6.45, 7) is 1.63. The van der Waals surface area contributed by atoms with E-state index in [0.29, 0.717) is 5.56 Å². The van der Waals surface area contributed by atoms with E-state index in [4.69, 9.17) is 0 Å². The van der Waals surface area contributed by atoms with Crippen molar-refractivity contribution in [2.45, 2.75) is 22.3 Å². The zero-order chi connectivity index (χ0) is 11.5. The lowest BCUT2D eigenvalue weighted by Crippen LogP contribution is -1.95. The second-order valence-electron chi connectivity index (χ2n) is 3.26. The number of benzene rings is 1. The SMILES string of the molecule is C[C@H](O)c1cc(F)ccc1Sc1nccs1. The first-order valence-corrected chi connectivity index (χ1v) is 6.41. The average Bonchev–Trinajstić information content (AvgIpc) is 2.73. The number of aromatic nitrogens is 1. The van der Waals surface area contributed by atoms with Crippen molar-refractivity contribution in [3.05, 3.63) is 41.2 Å². The molecule has 5 heteroatoms. The molecule has 1 N–H and O–H groups in total. The van der Waals surface area contributed by atoms with Gasteiger partial charge in [0.2, 0.25) is 0 Å². The lowest BCUT2D eigenvalue weighted by molar-refractivity contribution is 0.196. The van der Waals surface area contributed by atoms with Crippen LogP contribution in [0.15, 0.2) is 39.0 Å². The lowest BCUT2D eigenvalue weighted by Gasteiger charge is -2.10. The molecular weight excluding hydrogens is 245 g/mol. The molecule has 0 fully saturated rings. The molecule has 1 aromatic carbocycles. The van der Waals surface area contributed by atoms with Crippen LogP contribution in [0.5, 0.6) is 0 Å². The molecular formula is C11H10FNOS2. The molecule has 0 aliphatic heterocycles. The van der Waals surface area contributed by atoms with Gasteiger partial charge < -0.3 is 5.11 Å². The van der Waals surface area contributed by atoms with Crippen molar-refractivity contribution in [2.24, 2.45) is 0 Å². The Bertz CT molecular complexity index is 471. The Morgan fingerprint density at radius 3 is 2.94 bits per heavy atom. The predicted molar refractivity (Wildman–Crippen MR) is 63.3 cm³/mol. The van der Waals surface area contributed by atoms with Gasteiger partial charge in [0.1, 0.15) is 5.82 Å². The highest BCUT2D eigenvalue weighted by molar-refractivity contribution is 8.01. The number of aliphatic hydroxyl groups is 1. The summed E-state index contributed by atoms with van der Waals surface area (Å²) in [6.07, 6.45) is 1.04. The van der Waals surface area contributed by atoms with Gasteiger partial charge in [-0.05, 0) is 30.7 Å². The third-order valence-corrected chi connectivity index (χ3v) is 4.00. The number of hydrogen-bond donors (Lipinski definition) is 1. The third kappa shape index (κ3) is 2.61. The summed E-state index contributed by atoms with van der Waals surface area (Å²) in [5, 5.41) is 11.4. The Kier molecular flexibility index (Phi) is 3.58. The van der Waals surface area contributed by atoms with E-state index in [0.717, 1.165) is 9.24 Å². The summed E-state index contributed by atoms with van der Waals surface area (Å²) in [5.74, 6) is -0.334. The van der Waals surface area contributed by atoms with E-state index in [-0.39, 0.29) is 5.82 Å². The van der Waals surface area contributed by atoms with Crippen LogP contribution in [0.4, 0.5) is 4.39 Å². The molecule has 0 saturated carbocycles. The minimum Gasteiger partial charge on any atom is -0.389 e. The van der Waals surface area contributed by atoms with Crippen LogP contribution in [0.1, 0.15) is 18.6 Å². The summed E-state index contributed by atoms with van der Waals surface area (Å²) in [7, 11) is 0. The fourth-order valence-electron chi connectivity index (χ4n) is 1.29. The summed E-state index contributed by atoms with van der Waals surface area (Å²) in [4.78, 5) is 4.98. The maximum Gasteiger partial charge on any atom is 0.154 e. The molecule has 0 spiro atoms. The predicted octanol–water partition coefficient (Wildman–Crippen LogP) is 3.49. The van der Waals surface area contributed by atoms with E-state index in [2.05, 4.69) is 4.98 Å². The topological polar surface area (TPSA) is 33.1 Å². The molecule has 0 radical (unpaired) electrons. The first-order chi connectivity index (χ1) is 7.66. The van der Waals surface area contributed by atoms with Crippen LogP contribution in [0.25, 0.3) is 0 Å². The normalized spacial score (nSPS) is 12.7. The van der Waals surface area contributed by atoms with E-state index < -0.39 is 6.10 Å². The highest BCUT2D eigenvalue weighted by atomic mass is 32.2. The number of halogens is 1. The van der Waals surface area contributed by atoms with Crippen LogP contribution in [-0.4, -0.2) is 10.1 Å². The van der Waals surface area contributed by atoms with Gasteiger partial charge in [-0.2, -0.15) is 0 Å². The zero-order valence-electron chi connectivity index (χ0n) is 8.55. The van der Waals surface area contributed by atoms with Crippen LogP contribution >= 0.6 is 23.1 Å². The minimum absolute atomic E-state index is 0.334. The Labute approximate surface area is 101 Å². The molecule has 1 atom stereocenters. The first-order valence-electron chi connectivity index (χ1n) is 4.71. The molecule has 1 heterocycles. The number of rotatable bonds is 3. The summed E-state index contributed by atoms with van der Waals surface area (Å²) in [5.41, 5.74) is 0.597. The highest BCUT2D eigenvalue weighted by Crippen LogP contribution is 2.34. The Balaban J connectivity index is 2.33. The van der Waals surface area contributed by atoms with Gasteiger partial charge in [0, 0.05) is 16.5 Å².